The number of aromatic nitrogens is 1. The second-order valence-corrected chi connectivity index (χ2v) is 9.74. The first-order valence-electron chi connectivity index (χ1n) is 8.72. The van der Waals surface area contributed by atoms with Gasteiger partial charge in [-0.25, -0.2) is 8.42 Å². The highest BCUT2D eigenvalue weighted by Crippen LogP contribution is 2.41. The number of hydrogen-bond donors (Lipinski definition) is 1. The van der Waals surface area contributed by atoms with Crippen molar-refractivity contribution < 1.29 is 13.2 Å². The Hall–Kier alpha value is -2.22. The molecule has 1 aromatic heterocycles. The predicted octanol–water partition coefficient (Wildman–Crippen LogP) is 7.44. The highest BCUT2D eigenvalue weighted by molar-refractivity contribution is 7.92. The molecule has 0 spiro atoms. The summed E-state index contributed by atoms with van der Waals surface area (Å²) in [7, 11) is -3.99. The number of sulfonamides is 1. The molecule has 0 amide bonds. The molecule has 0 atom stereocenters. The number of pyridine rings is 1. The highest BCUT2D eigenvalue weighted by Gasteiger charge is 2.21. The molecule has 31 heavy (non-hydrogen) atoms. The van der Waals surface area contributed by atoms with Crippen LogP contribution in [-0.4, -0.2) is 13.4 Å². The molecule has 0 saturated carbocycles. The number of nitrogens with zero attached hydrogens (tertiary/aromatic N) is 1. The highest BCUT2D eigenvalue weighted by atomic mass is 35.5. The summed E-state index contributed by atoms with van der Waals surface area (Å²) in [6.45, 7) is 0. The van der Waals surface area contributed by atoms with E-state index in [1.54, 1.807) is 42.7 Å². The van der Waals surface area contributed by atoms with E-state index in [2.05, 4.69) is 9.71 Å². The molecule has 5 nitrogen and oxygen atoms in total. The second-order valence-electron chi connectivity index (χ2n) is 6.40. The zero-order chi connectivity index (χ0) is 22.2. The summed E-state index contributed by atoms with van der Waals surface area (Å²) in [5, 5.41) is 2.19. The Bertz CT molecular complexity index is 1380. The number of rotatable bonds is 5. The second kappa shape index (κ2) is 8.73. The van der Waals surface area contributed by atoms with Crippen LogP contribution in [0.15, 0.2) is 71.9 Å². The van der Waals surface area contributed by atoms with Crippen LogP contribution in [0.3, 0.4) is 0 Å². The monoisotopic (exact) mass is 512 g/mol. The lowest BCUT2D eigenvalue weighted by atomic mass is 10.1. The van der Waals surface area contributed by atoms with E-state index < -0.39 is 10.0 Å². The average Bonchev–Trinajstić information content (AvgIpc) is 2.72. The third kappa shape index (κ3) is 4.68. The van der Waals surface area contributed by atoms with Gasteiger partial charge in [0.1, 0.15) is 5.75 Å². The third-order valence-electron chi connectivity index (χ3n) is 4.31. The maximum absolute atomic E-state index is 13.0. The first kappa shape index (κ1) is 22.0. The maximum atomic E-state index is 13.0. The zero-order valence-corrected chi connectivity index (χ0v) is 19.3. The average molecular weight is 514 g/mol. The SMILES string of the molecule is O=S(=O)(Nc1cccc2cnccc12)c1cc(Cl)c(Oc2ccc(Cl)cc2Cl)c(Cl)c1. The number of fused-ring (bicyclic) bond motifs is 1. The summed E-state index contributed by atoms with van der Waals surface area (Å²) in [6.07, 6.45) is 3.23. The lowest BCUT2D eigenvalue weighted by Crippen LogP contribution is -2.13. The molecule has 0 aliphatic carbocycles. The summed E-state index contributed by atoms with van der Waals surface area (Å²) in [4.78, 5) is 3.92. The zero-order valence-electron chi connectivity index (χ0n) is 15.4. The molecule has 0 fully saturated rings. The van der Waals surface area contributed by atoms with Crippen LogP contribution in [0, 0.1) is 0 Å². The minimum atomic E-state index is -3.99. The van der Waals surface area contributed by atoms with E-state index in [1.165, 1.54) is 18.2 Å². The summed E-state index contributed by atoms with van der Waals surface area (Å²) >= 11 is 24.6. The van der Waals surface area contributed by atoms with E-state index in [0.29, 0.717) is 16.1 Å². The summed E-state index contributed by atoms with van der Waals surface area (Å²) in [5.74, 6) is 0.343. The molecule has 0 saturated heterocycles. The van der Waals surface area contributed by atoms with Gasteiger partial charge in [-0.15, -0.1) is 0 Å². The van der Waals surface area contributed by atoms with Crippen molar-refractivity contribution in [2.24, 2.45) is 0 Å². The van der Waals surface area contributed by atoms with Crippen LogP contribution in [0.25, 0.3) is 10.8 Å². The number of halogens is 4. The lowest BCUT2D eigenvalue weighted by Gasteiger charge is -2.14. The van der Waals surface area contributed by atoms with Gasteiger partial charge in [0.15, 0.2) is 5.75 Å². The van der Waals surface area contributed by atoms with E-state index in [-0.39, 0.29) is 31.5 Å². The van der Waals surface area contributed by atoms with Crippen LogP contribution in [0.2, 0.25) is 20.1 Å². The summed E-state index contributed by atoms with van der Waals surface area (Å²) in [6, 6.07) is 14.1. The van der Waals surface area contributed by atoms with Crippen molar-refractivity contribution in [2.75, 3.05) is 4.72 Å². The first-order chi connectivity index (χ1) is 14.7. The van der Waals surface area contributed by atoms with Gasteiger partial charge in [-0.3, -0.25) is 9.71 Å². The van der Waals surface area contributed by atoms with Crippen molar-refractivity contribution in [1.82, 2.24) is 4.98 Å². The molecule has 10 heteroatoms. The van der Waals surface area contributed by atoms with Crippen LogP contribution < -0.4 is 9.46 Å². The van der Waals surface area contributed by atoms with Gasteiger partial charge in [0.05, 0.1) is 25.7 Å². The van der Waals surface area contributed by atoms with Gasteiger partial charge < -0.3 is 4.74 Å². The Kier molecular flexibility index (Phi) is 6.19. The molecule has 0 aliphatic heterocycles. The number of hydrogen-bond acceptors (Lipinski definition) is 4. The Morgan fingerprint density at radius 3 is 2.32 bits per heavy atom. The normalized spacial score (nSPS) is 11.5. The van der Waals surface area contributed by atoms with Crippen LogP contribution in [-0.2, 0) is 10.0 Å². The quantitative estimate of drug-likeness (QED) is 0.301. The number of ether oxygens (including phenoxy) is 1. The fraction of sp³-hybridized carbons (Fsp3) is 0. The van der Waals surface area contributed by atoms with E-state index in [1.807, 2.05) is 6.07 Å². The van der Waals surface area contributed by atoms with Crippen molar-refractivity contribution in [2.45, 2.75) is 4.90 Å². The molecule has 0 bridgehead atoms. The molecule has 1 N–H and O–H groups in total. The number of nitrogens with one attached hydrogen (secondary N) is 1. The van der Waals surface area contributed by atoms with Gasteiger partial charge in [-0.1, -0.05) is 58.5 Å². The Morgan fingerprint density at radius 2 is 1.61 bits per heavy atom. The van der Waals surface area contributed by atoms with E-state index in [9.17, 15) is 8.42 Å². The Balaban J connectivity index is 1.68. The largest absolute Gasteiger partial charge is 0.453 e. The van der Waals surface area contributed by atoms with Gasteiger partial charge in [-0.2, -0.15) is 0 Å². The van der Waals surface area contributed by atoms with Gasteiger partial charge in [-0.05, 0) is 42.5 Å². The summed E-state index contributed by atoms with van der Waals surface area (Å²) in [5.41, 5.74) is 0.403. The van der Waals surface area contributed by atoms with Gasteiger partial charge >= 0.3 is 0 Å². The first-order valence-corrected chi connectivity index (χ1v) is 11.7. The van der Waals surface area contributed by atoms with Crippen LogP contribution in [0.5, 0.6) is 11.5 Å². The molecule has 0 radical (unpaired) electrons. The Labute approximate surface area is 198 Å². The van der Waals surface area contributed by atoms with Crippen molar-refractivity contribution in [3.05, 3.63) is 87.1 Å². The van der Waals surface area contributed by atoms with E-state index in [0.717, 1.165) is 5.39 Å². The van der Waals surface area contributed by atoms with Crippen molar-refractivity contribution in [1.29, 1.82) is 0 Å². The van der Waals surface area contributed by atoms with Crippen LogP contribution in [0.1, 0.15) is 0 Å². The van der Waals surface area contributed by atoms with Crippen molar-refractivity contribution in [3.8, 4) is 11.5 Å². The molecule has 4 aromatic rings. The fourth-order valence-electron chi connectivity index (χ4n) is 2.87. The van der Waals surface area contributed by atoms with Crippen LogP contribution in [0.4, 0.5) is 5.69 Å². The molecule has 0 aliphatic rings. The van der Waals surface area contributed by atoms with Crippen molar-refractivity contribution >= 4 is 72.9 Å². The maximum Gasteiger partial charge on any atom is 0.262 e. The molecular formula is C21H12Cl4N2O3S. The van der Waals surface area contributed by atoms with Gasteiger partial charge in [0.2, 0.25) is 0 Å². The fourth-order valence-corrected chi connectivity index (χ4v) is 5.14. The number of benzene rings is 3. The molecule has 3 aromatic carbocycles. The summed E-state index contributed by atoms with van der Waals surface area (Å²) < 4.78 is 34.2. The topological polar surface area (TPSA) is 68.3 Å². The molecule has 4 rings (SSSR count). The standard InChI is InChI=1S/C21H12Cl4N2O3S/c22-13-4-5-20(16(23)8-13)30-21-17(24)9-14(10-18(21)25)31(28,29)27-19-3-1-2-12-11-26-7-6-15(12)19/h1-11,27H. The Morgan fingerprint density at radius 1 is 0.871 bits per heavy atom. The third-order valence-corrected chi connectivity index (χ3v) is 6.75. The molecular weight excluding hydrogens is 502 g/mol. The van der Waals surface area contributed by atoms with Gasteiger partial charge in [0.25, 0.3) is 10.0 Å². The number of anilines is 1. The molecule has 0 unspecified atom stereocenters. The van der Waals surface area contributed by atoms with Crippen molar-refractivity contribution in [3.63, 3.8) is 0 Å². The smallest absolute Gasteiger partial charge is 0.262 e. The minimum absolute atomic E-state index is 0.000936. The minimum Gasteiger partial charge on any atom is -0.453 e. The van der Waals surface area contributed by atoms with E-state index in [4.69, 9.17) is 51.1 Å². The van der Waals surface area contributed by atoms with Crippen LogP contribution >= 0.6 is 46.4 Å². The molecule has 158 valence electrons. The molecule has 1 heterocycles. The lowest BCUT2D eigenvalue weighted by molar-refractivity contribution is 0.483. The predicted molar refractivity (Wildman–Crippen MR) is 126 cm³/mol. The van der Waals surface area contributed by atoms with Gasteiger partial charge in [0, 0.05) is 28.2 Å². The van der Waals surface area contributed by atoms with E-state index >= 15 is 0 Å².